The lowest BCUT2D eigenvalue weighted by Crippen LogP contribution is -2.13. The minimum absolute atomic E-state index is 0.401. The highest BCUT2D eigenvalue weighted by molar-refractivity contribution is 7.99. The van der Waals surface area contributed by atoms with Gasteiger partial charge in [0.05, 0.1) is 11.1 Å². The molecule has 1 fully saturated rings. The standard InChI is InChI=1S/C14H20ClNOS/c1-2-16-9-11-5-3-7-13(15)14(11)18-10-12-6-4-8-17-12/h3,5,7,12,16H,2,4,6,8-10H2,1H3. The molecule has 18 heavy (non-hydrogen) atoms. The van der Waals surface area contributed by atoms with Gasteiger partial charge in [0.25, 0.3) is 0 Å². The second-order valence-corrected chi connectivity index (χ2v) is 5.89. The molecule has 2 rings (SSSR count). The van der Waals surface area contributed by atoms with Gasteiger partial charge in [-0.25, -0.2) is 0 Å². The first-order chi connectivity index (χ1) is 8.81. The third-order valence-electron chi connectivity index (χ3n) is 3.05. The fraction of sp³-hybridized carbons (Fsp3) is 0.571. The van der Waals surface area contributed by atoms with Crippen LogP contribution in [-0.4, -0.2) is 25.0 Å². The molecular formula is C14H20ClNOS. The molecule has 1 N–H and O–H groups in total. The van der Waals surface area contributed by atoms with Crippen molar-refractivity contribution in [3.63, 3.8) is 0 Å². The minimum Gasteiger partial charge on any atom is -0.377 e. The van der Waals surface area contributed by atoms with E-state index in [0.717, 1.165) is 30.5 Å². The summed E-state index contributed by atoms with van der Waals surface area (Å²) in [6.45, 7) is 4.88. The number of ether oxygens (including phenoxy) is 1. The van der Waals surface area contributed by atoms with E-state index in [4.69, 9.17) is 16.3 Å². The van der Waals surface area contributed by atoms with E-state index >= 15 is 0 Å². The molecule has 2 nitrogen and oxygen atoms in total. The van der Waals surface area contributed by atoms with Crippen LogP contribution in [0.25, 0.3) is 0 Å². The highest BCUT2D eigenvalue weighted by atomic mass is 35.5. The summed E-state index contributed by atoms with van der Waals surface area (Å²) in [5.74, 6) is 1.00. The fourth-order valence-corrected chi connectivity index (χ4v) is 3.57. The van der Waals surface area contributed by atoms with Crippen molar-refractivity contribution in [3.8, 4) is 0 Å². The van der Waals surface area contributed by atoms with Crippen LogP contribution < -0.4 is 5.32 Å². The molecule has 0 radical (unpaired) electrons. The molecular weight excluding hydrogens is 266 g/mol. The number of benzene rings is 1. The number of nitrogens with one attached hydrogen (secondary N) is 1. The molecule has 0 amide bonds. The van der Waals surface area contributed by atoms with E-state index in [2.05, 4.69) is 18.3 Å². The lowest BCUT2D eigenvalue weighted by Gasteiger charge is -2.14. The number of halogens is 1. The molecule has 1 heterocycles. The van der Waals surface area contributed by atoms with Crippen LogP contribution in [0.5, 0.6) is 0 Å². The van der Waals surface area contributed by atoms with Crippen molar-refractivity contribution in [2.75, 3.05) is 18.9 Å². The summed E-state index contributed by atoms with van der Waals surface area (Å²) in [6, 6.07) is 6.13. The van der Waals surface area contributed by atoms with Gasteiger partial charge in [-0.2, -0.15) is 0 Å². The van der Waals surface area contributed by atoms with Crippen molar-refractivity contribution in [1.29, 1.82) is 0 Å². The van der Waals surface area contributed by atoms with Gasteiger partial charge >= 0.3 is 0 Å². The van der Waals surface area contributed by atoms with Crippen molar-refractivity contribution in [3.05, 3.63) is 28.8 Å². The number of thioether (sulfide) groups is 1. The molecule has 1 saturated heterocycles. The SMILES string of the molecule is CCNCc1cccc(Cl)c1SCC1CCCO1. The Bertz CT molecular complexity index is 380. The molecule has 100 valence electrons. The smallest absolute Gasteiger partial charge is 0.0669 e. The monoisotopic (exact) mass is 285 g/mol. The van der Waals surface area contributed by atoms with Crippen LogP contribution in [-0.2, 0) is 11.3 Å². The topological polar surface area (TPSA) is 21.3 Å². The predicted molar refractivity (Wildman–Crippen MR) is 78.5 cm³/mol. The Balaban J connectivity index is 1.99. The van der Waals surface area contributed by atoms with E-state index in [9.17, 15) is 0 Å². The number of hydrogen-bond acceptors (Lipinski definition) is 3. The summed E-state index contributed by atoms with van der Waals surface area (Å²) < 4.78 is 5.66. The molecule has 1 aromatic rings. The fourth-order valence-electron chi connectivity index (χ4n) is 2.07. The number of hydrogen-bond donors (Lipinski definition) is 1. The van der Waals surface area contributed by atoms with Crippen molar-refractivity contribution < 1.29 is 4.74 Å². The summed E-state index contributed by atoms with van der Waals surface area (Å²) in [4.78, 5) is 1.20. The predicted octanol–water partition coefficient (Wildman–Crippen LogP) is 3.72. The van der Waals surface area contributed by atoms with Gasteiger partial charge in [0.1, 0.15) is 0 Å². The quantitative estimate of drug-likeness (QED) is 0.805. The van der Waals surface area contributed by atoms with Gasteiger partial charge in [0.2, 0.25) is 0 Å². The van der Waals surface area contributed by atoms with Gasteiger partial charge in [0, 0.05) is 23.8 Å². The molecule has 0 aromatic heterocycles. The van der Waals surface area contributed by atoms with Crippen LogP contribution in [0.1, 0.15) is 25.3 Å². The van der Waals surface area contributed by atoms with Crippen LogP contribution in [0.4, 0.5) is 0 Å². The van der Waals surface area contributed by atoms with Crippen molar-refractivity contribution in [1.82, 2.24) is 5.32 Å². The second-order valence-electron chi connectivity index (χ2n) is 4.45. The Morgan fingerprint density at radius 1 is 1.50 bits per heavy atom. The third-order valence-corrected chi connectivity index (χ3v) is 4.79. The molecule has 0 saturated carbocycles. The highest BCUT2D eigenvalue weighted by Gasteiger charge is 2.17. The Kier molecular flexibility index (Phi) is 5.83. The van der Waals surface area contributed by atoms with E-state index in [1.54, 1.807) is 0 Å². The van der Waals surface area contributed by atoms with Gasteiger partial charge in [0.15, 0.2) is 0 Å². The first-order valence-corrected chi connectivity index (χ1v) is 7.90. The first-order valence-electron chi connectivity index (χ1n) is 6.53. The Morgan fingerprint density at radius 3 is 3.11 bits per heavy atom. The summed E-state index contributed by atoms with van der Waals surface area (Å²) in [7, 11) is 0. The average molecular weight is 286 g/mol. The molecule has 1 aromatic carbocycles. The van der Waals surface area contributed by atoms with Crippen LogP contribution in [0.3, 0.4) is 0 Å². The minimum atomic E-state index is 0.401. The van der Waals surface area contributed by atoms with Crippen LogP contribution >= 0.6 is 23.4 Å². The van der Waals surface area contributed by atoms with Crippen LogP contribution in [0, 0.1) is 0 Å². The third kappa shape index (κ3) is 3.89. The molecule has 4 heteroatoms. The maximum atomic E-state index is 6.30. The molecule has 1 aliphatic heterocycles. The van der Waals surface area contributed by atoms with Crippen LogP contribution in [0.2, 0.25) is 5.02 Å². The molecule has 1 aliphatic rings. The molecule has 1 unspecified atom stereocenters. The number of rotatable bonds is 6. The van der Waals surface area contributed by atoms with Gasteiger partial charge in [-0.15, -0.1) is 11.8 Å². The first kappa shape index (κ1) is 14.2. The summed E-state index contributed by atoms with van der Waals surface area (Å²) >= 11 is 8.13. The Labute approximate surface area is 118 Å². The van der Waals surface area contributed by atoms with Crippen molar-refractivity contribution in [2.24, 2.45) is 0 Å². The van der Waals surface area contributed by atoms with E-state index in [0.29, 0.717) is 6.10 Å². The second kappa shape index (κ2) is 7.39. The zero-order valence-electron chi connectivity index (χ0n) is 10.7. The van der Waals surface area contributed by atoms with E-state index in [-0.39, 0.29) is 0 Å². The molecule has 1 atom stereocenters. The lowest BCUT2D eigenvalue weighted by atomic mass is 10.2. The largest absolute Gasteiger partial charge is 0.377 e. The van der Waals surface area contributed by atoms with E-state index in [1.807, 2.05) is 23.9 Å². The molecule has 0 aliphatic carbocycles. The Hall–Kier alpha value is -0.220. The van der Waals surface area contributed by atoms with Gasteiger partial charge in [-0.3, -0.25) is 0 Å². The molecule has 0 spiro atoms. The normalized spacial score (nSPS) is 19.3. The van der Waals surface area contributed by atoms with E-state index in [1.165, 1.54) is 23.3 Å². The lowest BCUT2D eigenvalue weighted by molar-refractivity contribution is 0.129. The maximum absolute atomic E-state index is 6.30. The van der Waals surface area contributed by atoms with Crippen molar-refractivity contribution >= 4 is 23.4 Å². The zero-order chi connectivity index (χ0) is 12.8. The van der Waals surface area contributed by atoms with Gasteiger partial charge < -0.3 is 10.1 Å². The summed E-state index contributed by atoms with van der Waals surface area (Å²) in [5, 5.41) is 4.21. The highest BCUT2D eigenvalue weighted by Crippen LogP contribution is 2.32. The molecule has 0 bridgehead atoms. The summed E-state index contributed by atoms with van der Waals surface area (Å²) in [5.41, 5.74) is 1.28. The van der Waals surface area contributed by atoms with E-state index < -0.39 is 0 Å². The maximum Gasteiger partial charge on any atom is 0.0669 e. The van der Waals surface area contributed by atoms with Gasteiger partial charge in [-0.05, 0) is 31.0 Å². The van der Waals surface area contributed by atoms with Crippen molar-refractivity contribution in [2.45, 2.75) is 37.3 Å². The Morgan fingerprint density at radius 2 is 2.39 bits per heavy atom. The summed E-state index contributed by atoms with van der Waals surface area (Å²) in [6.07, 6.45) is 2.77. The van der Waals surface area contributed by atoms with Crippen LogP contribution in [0.15, 0.2) is 23.1 Å². The zero-order valence-corrected chi connectivity index (χ0v) is 12.3. The van der Waals surface area contributed by atoms with Gasteiger partial charge in [-0.1, -0.05) is 30.7 Å². The average Bonchev–Trinajstić information content (AvgIpc) is 2.88.